The van der Waals surface area contributed by atoms with Gasteiger partial charge in [0, 0.05) is 39.9 Å². The summed E-state index contributed by atoms with van der Waals surface area (Å²) in [5.74, 6) is 0.411. The number of carbonyl (C=O) groups excluding carboxylic acids is 1. The first-order chi connectivity index (χ1) is 13.5. The van der Waals surface area contributed by atoms with Crippen molar-refractivity contribution in [2.24, 2.45) is 0 Å². The Morgan fingerprint density at radius 2 is 2.00 bits per heavy atom. The number of H-pyrrole nitrogens is 1. The van der Waals surface area contributed by atoms with E-state index in [9.17, 15) is 4.79 Å². The fourth-order valence-corrected chi connectivity index (χ4v) is 3.50. The van der Waals surface area contributed by atoms with Gasteiger partial charge in [0.1, 0.15) is 6.54 Å². The highest BCUT2D eigenvalue weighted by Crippen LogP contribution is 2.22. The topological polar surface area (TPSA) is 67.6 Å². The highest BCUT2D eigenvalue weighted by atomic mass is 35.5. The largest absolute Gasteiger partial charge is 0.348 e. The van der Waals surface area contributed by atoms with Gasteiger partial charge in [-0.1, -0.05) is 11.6 Å². The number of anilines is 1. The molecule has 142 valence electrons. The lowest BCUT2D eigenvalue weighted by atomic mass is 10.2. The second-order valence-corrected chi connectivity index (χ2v) is 7.19. The fourth-order valence-electron chi connectivity index (χ4n) is 3.18. The van der Waals surface area contributed by atoms with E-state index < -0.39 is 0 Å². The quantitative estimate of drug-likeness (QED) is 0.460. The van der Waals surface area contributed by atoms with Crippen molar-refractivity contribution in [3.05, 3.63) is 64.5 Å². The maximum atomic E-state index is 12.6. The summed E-state index contributed by atoms with van der Waals surface area (Å²) in [4.78, 5) is 12.6. The van der Waals surface area contributed by atoms with Gasteiger partial charge in [-0.2, -0.15) is 5.10 Å². The van der Waals surface area contributed by atoms with Gasteiger partial charge >= 0.3 is 0 Å². The Labute approximate surface area is 171 Å². The average molecular weight is 412 g/mol. The van der Waals surface area contributed by atoms with E-state index >= 15 is 0 Å². The lowest BCUT2D eigenvalue weighted by molar-refractivity contribution is -0.116. The first-order valence-electron chi connectivity index (χ1n) is 8.85. The molecule has 0 aliphatic heterocycles. The van der Waals surface area contributed by atoms with Gasteiger partial charge in [0.25, 0.3) is 0 Å². The van der Waals surface area contributed by atoms with Crippen LogP contribution >= 0.6 is 23.8 Å². The van der Waals surface area contributed by atoms with Crippen molar-refractivity contribution >= 4 is 46.3 Å². The van der Waals surface area contributed by atoms with E-state index in [1.54, 1.807) is 16.7 Å². The molecule has 0 saturated carbocycles. The van der Waals surface area contributed by atoms with Crippen molar-refractivity contribution in [1.82, 2.24) is 19.3 Å². The number of hydrogen-bond donors (Lipinski definition) is 2. The van der Waals surface area contributed by atoms with Gasteiger partial charge < -0.3 is 9.88 Å². The summed E-state index contributed by atoms with van der Waals surface area (Å²) in [6, 6.07) is 15.2. The van der Waals surface area contributed by atoms with Gasteiger partial charge in [-0.15, -0.1) is 0 Å². The van der Waals surface area contributed by atoms with Crippen molar-refractivity contribution in [2.45, 2.75) is 20.0 Å². The van der Waals surface area contributed by atoms with Gasteiger partial charge in [0.2, 0.25) is 5.91 Å². The minimum Gasteiger partial charge on any atom is -0.348 e. The highest BCUT2D eigenvalue weighted by molar-refractivity contribution is 7.71. The number of carbonyl (C=O) groups is 1. The summed E-state index contributed by atoms with van der Waals surface area (Å²) >= 11 is 11.2. The molecule has 2 aromatic heterocycles. The molecule has 0 fully saturated rings. The Kier molecular flexibility index (Phi) is 5.02. The number of nitrogens with zero attached hydrogens (tertiary/aromatic N) is 3. The molecule has 0 bridgehead atoms. The zero-order chi connectivity index (χ0) is 19.7. The fraction of sp³-hybridized carbons (Fsp3) is 0.150. The summed E-state index contributed by atoms with van der Waals surface area (Å²) in [5.41, 5.74) is 2.71. The third-order valence-electron chi connectivity index (χ3n) is 4.56. The minimum absolute atomic E-state index is 0.0568. The number of aromatic amines is 1. The Balaban J connectivity index is 1.55. The van der Waals surface area contributed by atoms with E-state index in [0.717, 1.165) is 28.7 Å². The number of aryl methyl sites for hydroxylation is 1. The maximum Gasteiger partial charge on any atom is 0.244 e. The van der Waals surface area contributed by atoms with Crippen LogP contribution in [-0.4, -0.2) is 25.2 Å². The van der Waals surface area contributed by atoms with E-state index in [0.29, 0.717) is 15.6 Å². The minimum atomic E-state index is -0.179. The van der Waals surface area contributed by atoms with E-state index in [4.69, 9.17) is 23.8 Å². The number of halogens is 1. The third kappa shape index (κ3) is 3.58. The molecule has 4 rings (SSSR count). The van der Waals surface area contributed by atoms with Crippen molar-refractivity contribution in [3.63, 3.8) is 0 Å². The number of nitrogens with one attached hydrogen (secondary N) is 2. The number of aromatic nitrogens is 4. The van der Waals surface area contributed by atoms with Crippen LogP contribution in [0.1, 0.15) is 6.92 Å². The molecule has 8 heteroatoms. The predicted octanol–water partition coefficient (Wildman–Crippen LogP) is 4.87. The molecule has 0 aliphatic rings. The standard InChI is InChI=1S/C20H18ClN5OS/c1-2-25-10-9-14-11-16(7-8-17(14)25)22-18(27)12-26-19(23-24-20(26)28)13-3-5-15(21)6-4-13/h3-11H,2,12H2,1H3,(H,22,27)(H,24,28). The monoisotopic (exact) mass is 411 g/mol. The molecule has 2 N–H and O–H groups in total. The van der Waals surface area contributed by atoms with Crippen LogP contribution in [0, 0.1) is 4.77 Å². The molecule has 2 heterocycles. The second-order valence-electron chi connectivity index (χ2n) is 6.37. The van der Waals surface area contributed by atoms with Crippen LogP contribution in [0.15, 0.2) is 54.7 Å². The van der Waals surface area contributed by atoms with Gasteiger partial charge in [-0.25, -0.2) is 0 Å². The molecular formula is C20H18ClN5OS. The van der Waals surface area contributed by atoms with Crippen LogP contribution in [0.4, 0.5) is 5.69 Å². The Bertz CT molecular complexity index is 1210. The van der Waals surface area contributed by atoms with Gasteiger partial charge in [0.05, 0.1) is 0 Å². The van der Waals surface area contributed by atoms with Crippen molar-refractivity contribution in [2.75, 3.05) is 5.32 Å². The number of hydrogen-bond acceptors (Lipinski definition) is 3. The van der Waals surface area contributed by atoms with Crippen molar-refractivity contribution in [1.29, 1.82) is 0 Å². The molecule has 0 saturated heterocycles. The Hall–Kier alpha value is -2.90. The summed E-state index contributed by atoms with van der Waals surface area (Å²) in [6.07, 6.45) is 2.04. The second kappa shape index (κ2) is 7.61. The normalized spacial score (nSPS) is 11.1. The number of rotatable bonds is 5. The van der Waals surface area contributed by atoms with E-state index in [-0.39, 0.29) is 12.5 Å². The number of fused-ring (bicyclic) bond motifs is 1. The molecule has 0 radical (unpaired) electrons. The van der Waals surface area contributed by atoms with E-state index in [2.05, 4.69) is 27.0 Å². The van der Waals surface area contributed by atoms with Crippen LogP contribution in [0.3, 0.4) is 0 Å². The van der Waals surface area contributed by atoms with Crippen molar-refractivity contribution in [3.8, 4) is 11.4 Å². The van der Waals surface area contributed by atoms with E-state index in [1.807, 2.05) is 42.6 Å². The van der Waals surface area contributed by atoms with Gasteiger partial charge in [-0.05, 0) is 67.7 Å². The van der Waals surface area contributed by atoms with Crippen LogP contribution in [0.5, 0.6) is 0 Å². The molecule has 2 aromatic carbocycles. The smallest absolute Gasteiger partial charge is 0.244 e. The van der Waals surface area contributed by atoms with Crippen LogP contribution < -0.4 is 5.32 Å². The van der Waals surface area contributed by atoms with Gasteiger partial charge in [0.15, 0.2) is 10.6 Å². The SMILES string of the molecule is CCn1ccc2cc(NC(=O)Cn3c(-c4ccc(Cl)cc4)n[nH]c3=S)ccc21. The average Bonchev–Trinajstić information content (AvgIpc) is 3.26. The molecule has 0 spiro atoms. The third-order valence-corrected chi connectivity index (χ3v) is 5.12. The number of amides is 1. The summed E-state index contributed by atoms with van der Waals surface area (Å²) in [5, 5.41) is 11.7. The predicted molar refractivity (Wildman–Crippen MR) is 114 cm³/mol. The molecule has 28 heavy (non-hydrogen) atoms. The highest BCUT2D eigenvalue weighted by Gasteiger charge is 2.13. The molecular weight excluding hydrogens is 394 g/mol. The van der Waals surface area contributed by atoms with Crippen LogP contribution in [0.2, 0.25) is 5.02 Å². The number of benzene rings is 2. The van der Waals surface area contributed by atoms with Gasteiger partial charge in [-0.3, -0.25) is 14.5 Å². The molecule has 6 nitrogen and oxygen atoms in total. The molecule has 0 atom stereocenters. The lowest BCUT2D eigenvalue weighted by Gasteiger charge is -2.09. The van der Waals surface area contributed by atoms with Crippen LogP contribution in [-0.2, 0) is 17.9 Å². The lowest BCUT2D eigenvalue weighted by Crippen LogP contribution is -2.19. The maximum absolute atomic E-state index is 12.6. The van der Waals surface area contributed by atoms with E-state index in [1.165, 1.54) is 0 Å². The molecule has 0 aliphatic carbocycles. The zero-order valence-corrected chi connectivity index (χ0v) is 16.7. The molecule has 1 amide bonds. The first kappa shape index (κ1) is 18.5. The van der Waals surface area contributed by atoms with Crippen molar-refractivity contribution < 1.29 is 4.79 Å². The summed E-state index contributed by atoms with van der Waals surface area (Å²) < 4.78 is 4.21. The summed E-state index contributed by atoms with van der Waals surface area (Å²) in [7, 11) is 0. The summed E-state index contributed by atoms with van der Waals surface area (Å²) in [6.45, 7) is 3.06. The molecule has 4 aromatic rings. The Morgan fingerprint density at radius 1 is 1.21 bits per heavy atom. The van der Waals surface area contributed by atoms with Crippen LogP contribution in [0.25, 0.3) is 22.3 Å². The molecule has 0 unspecified atom stereocenters. The Morgan fingerprint density at radius 3 is 2.75 bits per heavy atom. The first-order valence-corrected chi connectivity index (χ1v) is 9.63. The zero-order valence-electron chi connectivity index (χ0n) is 15.1.